The Balaban J connectivity index is 1.72. The maximum atomic E-state index is 11.7. The summed E-state index contributed by atoms with van der Waals surface area (Å²) in [4.78, 5) is 53.9. The van der Waals surface area contributed by atoms with Crippen molar-refractivity contribution in [1.82, 2.24) is 20.8 Å². The smallest absolute Gasteiger partial charge is 0.431 e. The molecule has 192 valence electrons. The SMILES string of the molecule is CNC(=O)ON(C=O)Cc1ccc(OC/C=C\OCc2ccc(CN(OC=O)C(=O)NC)cc2)cc1. The van der Waals surface area contributed by atoms with E-state index >= 15 is 0 Å². The molecule has 12 heteroatoms. The van der Waals surface area contributed by atoms with Gasteiger partial charge in [-0.1, -0.05) is 36.4 Å². The standard InChI is InChI=1S/C24H28N4O8/c1-25-23(31)28(35-18-30)15-20-4-6-21(7-5-20)16-33-12-3-13-34-22-10-8-19(9-11-22)14-27(17-29)36-24(32)26-2/h3-12,17-18H,13-16H2,1-2H3,(H,25,31)(H,26,32)/b12-3-. The molecular weight excluding hydrogens is 472 g/mol. The Morgan fingerprint density at radius 2 is 1.53 bits per heavy atom. The summed E-state index contributed by atoms with van der Waals surface area (Å²) in [7, 11) is 2.84. The second-order valence-corrected chi connectivity index (χ2v) is 7.06. The summed E-state index contributed by atoms with van der Waals surface area (Å²) in [5.74, 6) is 0.619. The Kier molecular flexibility index (Phi) is 11.6. The first kappa shape index (κ1) is 27.5. The molecule has 36 heavy (non-hydrogen) atoms. The van der Waals surface area contributed by atoms with Crippen molar-refractivity contribution in [1.29, 1.82) is 0 Å². The number of hydroxylamine groups is 4. The fourth-order valence-electron chi connectivity index (χ4n) is 2.75. The van der Waals surface area contributed by atoms with Gasteiger partial charge in [0, 0.05) is 14.1 Å². The van der Waals surface area contributed by atoms with E-state index < -0.39 is 12.1 Å². The quantitative estimate of drug-likeness (QED) is 0.229. The lowest BCUT2D eigenvalue weighted by atomic mass is 10.1. The number of amides is 4. The van der Waals surface area contributed by atoms with E-state index in [9.17, 15) is 19.2 Å². The average molecular weight is 501 g/mol. The molecule has 2 aromatic rings. The average Bonchev–Trinajstić information content (AvgIpc) is 2.91. The zero-order valence-electron chi connectivity index (χ0n) is 19.9. The minimum atomic E-state index is -0.733. The first-order valence-corrected chi connectivity index (χ1v) is 10.8. The van der Waals surface area contributed by atoms with Crippen LogP contribution in [0.15, 0.2) is 60.9 Å². The lowest BCUT2D eigenvalue weighted by Crippen LogP contribution is -2.37. The molecule has 0 heterocycles. The third-order valence-corrected chi connectivity index (χ3v) is 4.53. The van der Waals surface area contributed by atoms with Gasteiger partial charge in [0.15, 0.2) is 0 Å². The number of ether oxygens (including phenoxy) is 2. The van der Waals surface area contributed by atoms with Crippen molar-refractivity contribution in [2.45, 2.75) is 19.7 Å². The van der Waals surface area contributed by atoms with Crippen molar-refractivity contribution in [3.8, 4) is 5.75 Å². The molecule has 2 aromatic carbocycles. The van der Waals surface area contributed by atoms with Gasteiger partial charge in [-0.25, -0.2) is 9.59 Å². The van der Waals surface area contributed by atoms with E-state index in [1.165, 1.54) is 20.4 Å². The zero-order valence-corrected chi connectivity index (χ0v) is 19.9. The minimum absolute atomic E-state index is 0.102. The normalized spacial score (nSPS) is 10.2. The Morgan fingerprint density at radius 1 is 0.889 bits per heavy atom. The highest BCUT2D eigenvalue weighted by Gasteiger charge is 2.13. The van der Waals surface area contributed by atoms with Crippen LogP contribution in [0.2, 0.25) is 0 Å². The first-order chi connectivity index (χ1) is 17.5. The van der Waals surface area contributed by atoms with Crippen LogP contribution in [0.3, 0.4) is 0 Å². The van der Waals surface area contributed by atoms with Crippen molar-refractivity contribution < 1.29 is 38.3 Å². The molecule has 0 aliphatic heterocycles. The first-order valence-electron chi connectivity index (χ1n) is 10.8. The van der Waals surface area contributed by atoms with Crippen LogP contribution >= 0.6 is 0 Å². The summed E-state index contributed by atoms with van der Waals surface area (Å²) < 4.78 is 11.1. The van der Waals surface area contributed by atoms with Gasteiger partial charge in [-0.15, -0.1) is 5.06 Å². The highest BCUT2D eigenvalue weighted by atomic mass is 16.7. The lowest BCUT2D eigenvalue weighted by molar-refractivity contribution is -0.161. The number of nitrogens with zero attached hydrogens (tertiary/aromatic N) is 2. The van der Waals surface area contributed by atoms with Crippen LogP contribution in [0, 0.1) is 0 Å². The van der Waals surface area contributed by atoms with Gasteiger partial charge in [0.1, 0.15) is 19.0 Å². The van der Waals surface area contributed by atoms with Gasteiger partial charge in [0.2, 0.25) is 6.41 Å². The highest BCUT2D eigenvalue weighted by Crippen LogP contribution is 2.14. The van der Waals surface area contributed by atoms with Gasteiger partial charge < -0.3 is 29.8 Å². The number of carbonyl (C=O) groups excluding carboxylic acids is 4. The summed E-state index contributed by atoms with van der Waals surface area (Å²) in [6, 6.07) is 13.7. The van der Waals surface area contributed by atoms with Crippen LogP contribution in [0.5, 0.6) is 5.75 Å². The lowest BCUT2D eigenvalue weighted by Gasteiger charge is -2.18. The van der Waals surface area contributed by atoms with Gasteiger partial charge in [0.25, 0.3) is 0 Å². The molecule has 0 saturated heterocycles. The molecule has 0 unspecified atom stereocenters. The van der Waals surface area contributed by atoms with Gasteiger partial charge in [0.05, 0.1) is 19.4 Å². The van der Waals surface area contributed by atoms with E-state index in [2.05, 4.69) is 15.5 Å². The van der Waals surface area contributed by atoms with Crippen molar-refractivity contribution in [3.63, 3.8) is 0 Å². The zero-order chi connectivity index (χ0) is 26.2. The Bertz CT molecular complexity index is 1010. The maximum Gasteiger partial charge on any atom is 0.431 e. The molecule has 0 fully saturated rings. The molecule has 0 aliphatic carbocycles. The van der Waals surface area contributed by atoms with Crippen LogP contribution in [-0.2, 0) is 43.7 Å². The van der Waals surface area contributed by atoms with E-state index in [-0.39, 0.29) is 26.2 Å². The number of rotatable bonds is 14. The number of benzene rings is 2. The molecule has 0 spiro atoms. The maximum absolute atomic E-state index is 11.7. The second kappa shape index (κ2) is 15.2. The van der Waals surface area contributed by atoms with Crippen LogP contribution in [0.25, 0.3) is 0 Å². The van der Waals surface area contributed by atoms with E-state index in [0.29, 0.717) is 18.8 Å². The summed E-state index contributed by atoms with van der Waals surface area (Å²) in [6.07, 6.45) is 2.94. The number of hydrogen-bond acceptors (Lipinski definition) is 8. The highest BCUT2D eigenvalue weighted by molar-refractivity contribution is 5.73. The largest absolute Gasteiger partial charge is 0.497 e. The van der Waals surface area contributed by atoms with Crippen molar-refractivity contribution >= 4 is 25.0 Å². The molecule has 4 amide bonds. The van der Waals surface area contributed by atoms with E-state index in [4.69, 9.17) is 14.3 Å². The van der Waals surface area contributed by atoms with Gasteiger partial charge in [-0.2, -0.15) is 5.06 Å². The van der Waals surface area contributed by atoms with Crippen LogP contribution in [-0.4, -0.2) is 55.8 Å². The molecule has 12 nitrogen and oxygen atoms in total. The molecular formula is C24H28N4O8. The van der Waals surface area contributed by atoms with Crippen LogP contribution in [0.1, 0.15) is 16.7 Å². The summed E-state index contributed by atoms with van der Waals surface area (Å²) in [5.41, 5.74) is 2.44. The van der Waals surface area contributed by atoms with Gasteiger partial charge >= 0.3 is 18.6 Å². The van der Waals surface area contributed by atoms with E-state index in [1.807, 2.05) is 12.1 Å². The topological polar surface area (TPSA) is 136 Å². The van der Waals surface area contributed by atoms with Crippen LogP contribution in [0.4, 0.5) is 9.59 Å². The molecule has 0 saturated carbocycles. The number of urea groups is 1. The number of hydrogen-bond donors (Lipinski definition) is 2. The Hall–Kier alpha value is -4.74. The summed E-state index contributed by atoms with van der Waals surface area (Å²) >= 11 is 0. The predicted molar refractivity (Wildman–Crippen MR) is 127 cm³/mol. The van der Waals surface area contributed by atoms with Crippen molar-refractivity contribution in [2.24, 2.45) is 0 Å². The molecule has 0 radical (unpaired) electrons. The van der Waals surface area contributed by atoms with E-state index in [1.54, 1.807) is 42.5 Å². The molecule has 2 N–H and O–H groups in total. The molecule has 0 aliphatic rings. The minimum Gasteiger partial charge on any atom is -0.497 e. The van der Waals surface area contributed by atoms with Gasteiger partial charge in [-0.05, 0) is 34.9 Å². The second-order valence-electron chi connectivity index (χ2n) is 7.06. The van der Waals surface area contributed by atoms with Crippen molar-refractivity contribution in [2.75, 3.05) is 20.7 Å². The monoisotopic (exact) mass is 500 g/mol. The molecule has 0 aromatic heterocycles. The van der Waals surface area contributed by atoms with Crippen molar-refractivity contribution in [3.05, 3.63) is 77.6 Å². The fraction of sp³-hybridized carbons (Fsp3) is 0.250. The van der Waals surface area contributed by atoms with Gasteiger partial charge in [-0.3, -0.25) is 9.59 Å². The summed E-state index contributed by atoms with van der Waals surface area (Å²) in [6.45, 7) is 1.02. The molecule has 2 rings (SSSR count). The Labute approximate surface area is 208 Å². The Morgan fingerprint density at radius 3 is 2.14 bits per heavy atom. The van der Waals surface area contributed by atoms with E-state index in [0.717, 1.165) is 26.8 Å². The summed E-state index contributed by atoms with van der Waals surface area (Å²) in [5, 5.41) is 6.45. The molecule has 0 atom stereocenters. The number of nitrogens with one attached hydrogen (secondary N) is 2. The fourth-order valence-corrected chi connectivity index (χ4v) is 2.75. The number of carbonyl (C=O) groups is 4. The molecule has 0 bridgehead atoms. The van der Waals surface area contributed by atoms with Crippen LogP contribution < -0.4 is 15.4 Å². The third kappa shape index (κ3) is 9.63. The third-order valence-electron chi connectivity index (χ3n) is 4.53. The predicted octanol–water partition coefficient (Wildman–Crippen LogP) is 2.25.